The van der Waals surface area contributed by atoms with Gasteiger partial charge in [0.2, 0.25) is 0 Å². The van der Waals surface area contributed by atoms with Gasteiger partial charge in [-0.15, -0.1) is 0 Å². The number of hydrogen-bond acceptors (Lipinski definition) is 7. The minimum Gasteiger partial charge on any atom is -0.481 e. The van der Waals surface area contributed by atoms with Crippen LogP contribution in [0.15, 0.2) is 0 Å². The van der Waals surface area contributed by atoms with Crippen molar-refractivity contribution in [2.24, 2.45) is 0 Å². The topological polar surface area (TPSA) is 128 Å². The van der Waals surface area contributed by atoms with E-state index in [2.05, 4.69) is 14.4 Å². The van der Waals surface area contributed by atoms with Crippen LogP contribution >= 0.6 is 7.60 Å². The number of alkyl carbamates (subject to hydrolysis) is 1. The number of ether oxygens (including phenoxy) is 1. The van der Waals surface area contributed by atoms with Crippen LogP contribution in [0.1, 0.15) is 27.2 Å². The Balaban J connectivity index is 4.98. The van der Waals surface area contributed by atoms with Crippen LogP contribution < -0.4 is 5.32 Å². The molecule has 1 unspecified atom stereocenters. The van der Waals surface area contributed by atoms with Gasteiger partial charge >= 0.3 is 19.7 Å². The number of carboxylic acids is 1. The number of nitrogens with one attached hydrogen (secondary N) is 1. The van der Waals surface area contributed by atoms with Crippen LogP contribution in [-0.4, -0.2) is 55.0 Å². The molecule has 10 heteroatoms. The van der Waals surface area contributed by atoms with E-state index >= 15 is 0 Å². The average molecular weight is 339 g/mol. The Morgan fingerprint density at radius 3 is 2.05 bits per heavy atom. The van der Waals surface area contributed by atoms with Gasteiger partial charge in [-0.05, 0) is 20.8 Å². The van der Waals surface area contributed by atoms with Crippen molar-refractivity contribution in [3.05, 3.63) is 0 Å². The van der Waals surface area contributed by atoms with E-state index in [9.17, 15) is 18.9 Å². The normalized spacial score (nSPS) is 13.3. The van der Waals surface area contributed by atoms with Gasteiger partial charge in [0.1, 0.15) is 17.8 Å². The van der Waals surface area contributed by atoms with Gasteiger partial charge in [0.25, 0.3) is 0 Å². The Kier molecular flexibility index (Phi) is 7.72. The van der Waals surface area contributed by atoms with Crippen molar-refractivity contribution >= 4 is 25.4 Å². The second kappa shape index (κ2) is 8.26. The highest BCUT2D eigenvalue weighted by Crippen LogP contribution is 2.46. The summed E-state index contributed by atoms with van der Waals surface area (Å²) in [7, 11) is -1.45. The number of carbonyl (C=O) groups is 3. The number of hydrogen-bond donors (Lipinski definition) is 2. The summed E-state index contributed by atoms with van der Waals surface area (Å²) >= 11 is 0. The van der Waals surface area contributed by atoms with Gasteiger partial charge in [0.05, 0.1) is 6.42 Å². The molecule has 0 heterocycles. The van der Waals surface area contributed by atoms with Gasteiger partial charge in [-0.2, -0.15) is 0 Å². The first kappa shape index (κ1) is 20.6. The second-order valence-corrected chi connectivity index (χ2v) is 7.67. The van der Waals surface area contributed by atoms with E-state index in [4.69, 9.17) is 9.84 Å². The van der Waals surface area contributed by atoms with Crippen molar-refractivity contribution in [2.75, 3.05) is 20.4 Å². The summed E-state index contributed by atoms with van der Waals surface area (Å²) in [6.45, 7) is 4.85. The van der Waals surface area contributed by atoms with Gasteiger partial charge in [-0.25, -0.2) is 4.79 Å². The number of ketones is 1. The molecule has 128 valence electrons. The highest BCUT2D eigenvalue weighted by Gasteiger charge is 2.33. The molecule has 0 aliphatic heterocycles. The van der Waals surface area contributed by atoms with E-state index in [1.165, 1.54) is 0 Å². The lowest BCUT2D eigenvalue weighted by Crippen LogP contribution is -2.45. The summed E-state index contributed by atoms with van der Waals surface area (Å²) in [5.74, 6) is -2.10. The predicted octanol–water partition coefficient (Wildman–Crippen LogP) is 1.41. The molecule has 0 aromatic heterocycles. The molecule has 0 radical (unpaired) electrons. The fraction of sp³-hybridized carbons (Fsp3) is 0.750. The maximum Gasteiger partial charge on any atom is 0.408 e. The molecule has 0 aromatic carbocycles. The van der Waals surface area contributed by atoms with Crippen LogP contribution in [-0.2, 0) is 27.9 Å². The predicted molar refractivity (Wildman–Crippen MR) is 76.9 cm³/mol. The van der Waals surface area contributed by atoms with E-state index in [-0.39, 0.29) is 0 Å². The molecule has 22 heavy (non-hydrogen) atoms. The van der Waals surface area contributed by atoms with Gasteiger partial charge in [0.15, 0.2) is 5.78 Å². The lowest BCUT2D eigenvalue weighted by Gasteiger charge is -2.23. The summed E-state index contributed by atoms with van der Waals surface area (Å²) in [4.78, 5) is 34.5. The first-order valence-electron chi connectivity index (χ1n) is 6.37. The molecule has 9 nitrogen and oxygen atoms in total. The highest BCUT2D eigenvalue weighted by molar-refractivity contribution is 7.54. The second-order valence-electron chi connectivity index (χ2n) is 5.40. The maximum absolute atomic E-state index is 12.0. The first-order chi connectivity index (χ1) is 9.92. The van der Waals surface area contributed by atoms with Crippen LogP contribution in [0, 0.1) is 0 Å². The third-order valence-corrected chi connectivity index (χ3v) is 4.18. The molecular formula is C12H22NO8P. The number of carboxylic acid groups (broad SMARTS) is 1. The summed E-state index contributed by atoms with van der Waals surface area (Å²) in [5.41, 5.74) is -0.810. The zero-order chi connectivity index (χ0) is 17.6. The number of amides is 1. The molecule has 0 saturated heterocycles. The zero-order valence-electron chi connectivity index (χ0n) is 13.2. The Bertz CT molecular complexity index is 462. The molecular weight excluding hydrogens is 317 g/mol. The number of aliphatic carboxylic acids is 1. The lowest BCUT2D eigenvalue weighted by atomic mass is 10.1. The average Bonchev–Trinajstić information content (AvgIpc) is 2.34. The van der Waals surface area contributed by atoms with Gasteiger partial charge in [-0.3, -0.25) is 14.2 Å². The van der Waals surface area contributed by atoms with Crippen molar-refractivity contribution in [3.63, 3.8) is 0 Å². The van der Waals surface area contributed by atoms with Crippen LogP contribution in [0.2, 0.25) is 0 Å². The Morgan fingerprint density at radius 1 is 1.18 bits per heavy atom. The lowest BCUT2D eigenvalue weighted by molar-refractivity contribution is -0.139. The fourth-order valence-electron chi connectivity index (χ4n) is 1.37. The van der Waals surface area contributed by atoms with E-state index in [0.717, 1.165) is 14.2 Å². The van der Waals surface area contributed by atoms with E-state index in [1.807, 2.05) is 0 Å². The highest BCUT2D eigenvalue weighted by atomic mass is 31.2. The minimum atomic E-state index is -3.65. The van der Waals surface area contributed by atoms with Crippen molar-refractivity contribution in [1.82, 2.24) is 5.32 Å². The molecule has 0 aromatic rings. The molecule has 1 atom stereocenters. The number of Topliss-reactive ketones (excluding diaryl/α,β-unsaturated/α-hetero) is 1. The van der Waals surface area contributed by atoms with Crippen molar-refractivity contribution in [2.45, 2.75) is 38.8 Å². The Morgan fingerprint density at radius 2 is 1.68 bits per heavy atom. The largest absolute Gasteiger partial charge is 0.481 e. The Hall–Kier alpha value is -1.44. The number of rotatable bonds is 8. The summed E-state index contributed by atoms with van der Waals surface area (Å²) in [5, 5.41) is 11.0. The van der Waals surface area contributed by atoms with Crippen LogP contribution in [0.5, 0.6) is 0 Å². The molecule has 1 amide bonds. The van der Waals surface area contributed by atoms with E-state index in [0.29, 0.717) is 0 Å². The van der Waals surface area contributed by atoms with Crippen LogP contribution in [0.25, 0.3) is 0 Å². The molecule has 0 aliphatic rings. The molecule has 0 rings (SSSR count). The van der Waals surface area contributed by atoms with Crippen LogP contribution in [0.3, 0.4) is 0 Å². The SMILES string of the molecule is COP(=O)(CC(=O)C(CC(=O)O)NC(=O)OC(C)(C)C)OC. The summed E-state index contributed by atoms with van der Waals surface area (Å²) < 4.78 is 26.1. The monoisotopic (exact) mass is 339 g/mol. The van der Waals surface area contributed by atoms with Gasteiger partial charge in [0, 0.05) is 14.2 Å². The number of carbonyl (C=O) groups excluding carboxylic acids is 2. The Labute approximate surface area is 128 Å². The standard InChI is InChI=1S/C12H22NO8P/c1-12(2,3)21-11(17)13-8(6-10(15)16)9(14)7-22(18,19-4)20-5/h8H,6-7H2,1-5H3,(H,13,17)(H,15,16). The molecule has 0 spiro atoms. The van der Waals surface area contributed by atoms with Gasteiger partial charge in [-0.1, -0.05) is 0 Å². The summed E-state index contributed by atoms with van der Waals surface area (Å²) in [6, 6.07) is -1.40. The molecule has 0 fully saturated rings. The minimum absolute atomic E-state index is 0.659. The third kappa shape index (κ3) is 8.11. The third-order valence-electron chi connectivity index (χ3n) is 2.36. The molecule has 0 saturated carbocycles. The van der Waals surface area contributed by atoms with Crippen molar-refractivity contribution in [3.8, 4) is 0 Å². The van der Waals surface area contributed by atoms with Crippen LogP contribution in [0.4, 0.5) is 4.79 Å². The zero-order valence-corrected chi connectivity index (χ0v) is 14.1. The molecule has 0 aliphatic carbocycles. The van der Waals surface area contributed by atoms with Gasteiger partial charge < -0.3 is 24.2 Å². The maximum atomic E-state index is 12.0. The quantitative estimate of drug-likeness (QED) is 0.635. The van der Waals surface area contributed by atoms with Crippen molar-refractivity contribution < 1.29 is 37.8 Å². The molecule has 0 bridgehead atoms. The van der Waals surface area contributed by atoms with Crippen molar-refractivity contribution in [1.29, 1.82) is 0 Å². The smallest absolute Gasteiger partial charge is 0.408 e. The van der Waals surface area contributed by atoms with E-state index < -0.39 is 49.7 Å². The molecule has 2 N–H and O–H groups in total. The van der Waals surface area contributed by atoms with E-state index in [1.54, 1.807) is 20.8 Å². The first-order valence-corrected chi connectivity index (χ1v) is 8.10. The summed E-state index contributed by atoms with van der Waals surface area (Å²) in [6.07, 6.45) is -2.28. The fourth-order valence-corrected chi connectivity index (χ4v) is 2.38.